The van der Waals surface area contributed by atoms with Crippen molar-refractivity contribution in [2.45, 2.75) is 20.0 Å². The van der Waals surface area contributed by atoms with Crippen molar-refractivity contribution in [3.05, 3.63) is 137 Å². The van der Waals surface area contributed by atoms with E-state index in [4.69, 9.17) is 0 Å². The number of alkyl halides is 3. The van der Waals surface area contributed by atoms with E-state index in [2.05, 4.69) is 17.9 Å². The van der Waals surface area contributed by atoms with E-state index in [9.17, 15) is 13.2 Å². The molecule has 0 unspecified atom stereocenters. The molecule has 39 heavy (non-hydrogen) atoms. The second-order valence-electron chi connectivity index (χ2n) is 9.80. The van der Waals surface area contributed by atoms with Gasteiger partial charge >= 0.3 is 6.18 Å². The zero-order chi connectivity index (χ0) is 27.1. The van der Waals surface area contributed by atoms with Crippen LogP contribution >= 0.6 is 0 Å². The summed E-state index contributed by atoms with van der Waals surface area (Å²) in [5.74, 6) is 6.61. The molecule has 6 aromatic rings. The van der Waals surface area contributed by atoms with E-state index in [0.717, 1.165) is 61.3 Å². The maximum Gasteiger partial charge on any atom is 0.416 e. The third-order valence-corrected chi connectivity index (χ3v) is 7.00. The Labute approximate surface area is 225 Å². The summed E-state index contributed by atoms with van der Waals surface area (Å²) in [6, 6.07) is 33.7. The number of aryl methyl sites for hydroxylation is 2. The van der Waals surface area contributed by atoms with Crippen LogP contribution in [0.2, 0.25) is 0 Å². The molecule has 0 fully saturated rings. The summed E-state index contributed by atoms with van der Waals surface area (Å²) in [6.45, 7) is 4.05. The number of benzene rings is 5. The van der Waals surface area contributed by atoms with Crippen LogP contribution < -0.4 is 0 Å². The van der Waals surface area contributed by atoms with Crippen molar-refractivity contribution in [2.75, 3.05) is 0 Å². The molecule has 1 nitrogen and oxygen atoms in total. The lowest BCUT2D eigenvalue weighted by atomic mass is 10.0. The van der Waals surface area contributed by atoms with Gasteiger partial charge in [-0.05, 0) is 72.6 Å². The first kappa shape index (κ1) is 24.6. The van der Waals surface area contributed by atoms with Crippen molar-refractivity contribution >= 4 is 21.7 Å². The highest BCUT2D eigenvalue weighted by Crippen LogP contribution is 2.38. The number of rotatable bonds is 2. The van der Waals surface area contributed by atoms with Gasteiger partial charge in [-0.1, -0.05) is 89.7 Å². The molecule has 0 aliphatic rings. The molecule has 5 aromatic carbocycles. The molecular weight excluding hydrogens is 491 g/mol. The van der Waals surface area contributed by atoms with Gasteiger partial charge in [-0.15, -0.1) is 0 Å². The zero-order valence-electron chi connectivity index (χ0n) is 21.5. The van der Waals surface area contributed by atoms with Crippen molar-refractivity contribution in [1.29, 1.82) is 0 Å². The van der Waals surface area contributed by atoms with Gasteiger partial charge in [0, 0.05) is 22.2 Å². The van der Waals surface area contributed by atoms with Crippen LogP contribution in [0.5, 0.6) is 0 Å². The van der Waals surface area contributed by atoms with Crippen LogP contribution in [-0.2, 0) is 6.18 Å². The average molecular weight is 516 g/mol. The van der Waals surface area contributed by atoms with Gasteiger partial charge in [0.1, 0.15) is 0 Å². The number of halogens is 3. The number of aromatic nitrogens is 1. The Balaban J connectivity index is 1.67. The van der Waals surface area contributed by atoms with Gasteiger partial charge in [0.05, 0.1) is 16.8 Å². The molecule has 0 atom stereocenters. The molecule has 0 amide bonds. The van der Waals surface area contributed by atoms with E-state index in [1.54, 1.807) is 6.07 Å². The molecule has 6 rings (SSSR count). The summed E-state index contributed by atoms with van der Waals surface area (Å²) < 4.78 is 43.1. The Kier molecular flexibility index (Phi) is 6.00. The Hall–Kier alpha value is -4.75. The molecule has 4 heteroatoms. The SMILES string of the molecule is Cc1ccc(C#Cc2cc3c(cc(-c4ccc(C)cc4)n3-c3cccc(C(F)(F)F)c3)c3ccccc23)cc1. The first-order valence-corrected chi connectivity index (χ1v) is 12.7. The van der Waals surface area contributed by atoms with Crippen LogP contribution in [0.15, 0.2) is 109 Å². The van der Waals surface area contributed by atoms with Crippen LogP contribution in [0.3, 0.4) is 0 Å². The van der Waals surface area contributed by atoms with Gasteiger partial charge in [0.2, 0.25) is 0 Å². The Morgan fingerprint density at radius 1 is 0.615 bits per heavy atom. The third kappa shape index (κ3) is 4.69. The fraction of sp³-hybridized carbons (Fsp3) is 0.0857. The van der Waals surface area contributed by atoms with E-state index < -0.39 is 11.7 Å². The molecule has 190 valence electrons. The molecule has 0 spiro atoms. The normalized spacial score (nSPS) is 11.5. The second kappa shape index (κ2) is 9.53. The number of hydrogen-bond donors (Lipinski definition) is 0. The summed E-state index contributed by atoms with van der Waals surface area (Å²) in [7, 11) is 0. The van der Waals surface area contributed by atoms with E-state index in [-0.39, 0.29) is 0 Å². The topological polar surface area (TPSA) is 4.93 Å². The Morgan fingerprint density at radius 3 is 1.97 bits per heavy atom. The second-order valence-corrected chi connectivity index (χ2v) is 9.80. The lowest BCUT2D eigenvalue weighted by Gasteiger charge is -2.15. The van der Waals surface area contributed by atoms with Crippen LogP contribution in [0.4, 0.5) is 13.2 Å². The first-order chi connectivity index (χ1) is 18.8. The molecule has 1 aromatic heterocycles. The molecule has 0 saturated carbocycles. The minimum absolute atomic E-state index is 0.447. The quantitative estimate of drug-likeness (QED) is 0.202. The fourth-order valence-electron chi connectivity index (χ4n) is 4.97. The van der Waals surface area contributed by atoms with Gasteiger partial charge in [-0.3, -0.25) is 0 Å². The van der Waals surface area contributed by atoms with Crippen LogP contribution in [-0.4, -0.2) is 4.57 Å². The maximum absolute atomic E-state index is 13.7. The van der Waals surface area contributed by atoms with Gasteiger partial charge in [-0.25, -0.2) is 0 Å². The van der Waals surface area contributed by atoms with E-state index in [1.807, 2.05) is 97.3 Å². The smallest absolute Gasteiger partial charge is 0.309 e. The van der Waals surface area contributed by atoms with E-state index in [0.29, 0.717) is 5.69 Å². The van der Waals surface area contributed by atoms with Gasteiger partial charge in [0.15, 0.2) is 0 Å². The van der Waals surface area contributed by atoms with Crippen molar-refractivity contribution in [3.63, 3.8) is 0 Å². The fourth-order valence-corrected chi connectivity index (χ4v) is 4.97. The van der Waals surface area contributed by atoms with Crippen molar-refractivity contribution in [1.82, 2.24) is 4.57 Å². The van der Waals surface area contributed by atoms with Crippen molar-refractivity contribution in [2.24, 2.45) is 0 Å². The summed E-state index contributed by atoms with van der Waals surface area (Å²) in [5, 5.41) is 2.96. The van der Waals surface area contributed by atoms with Gasteiger partial charge < -0.3 is 4.57 Å². The zero-order valence-corrected chi connectivity index (χ0v) is 21.5. The minimum Gasteiger partial charge on any atom is -0.309 e. The van der Waals surface area contributed by atoms with Crippen LogP contribution in [0, 0.1) is 25.7 Å². The van der Waals surface area contributed by atoms with Crippen LogP contribution in [0.1, 0.15) is 27.8 Å². The molecular formula is C35H24F3N. The molecule has 0 radical (unpaired) electrons. The average Bonchev–Trinajstić information content (AvgIpc) is 3.32. The molecule has 0 N–H and O–H groups in total. The largest absolute Gasteiger partial charge is 0.416 e. The predicted octanol–water partition coefficient (Wildman–Crippen LogP) is 9.49. The molecule has 0 aliphatic heterocycles. The maximum atomic E-state index is 13.7. The number of hydrogen-bond acceptors (Lipinski definition) is 0. The molecule has 0 aliphatic carbocycles. The Morgan fingerprint density at radius 2 is 1.28 bits per heavy atom. The highest BCUT2D eigenvalue weighted by Gasteiger charge is 2.31. The lowest BCUT2D eigenvalue weighted by molar-refractivity contribution is -0.137. The van der Waals surface area contributed by atoms with Crippen LogP contribution in [0.25, 0.3) is 38.6 Å². The summed E-state index contributed by atoms with van der Waals surface area (Å²) in [5.41, 5.74) is 6.30. The molecule has 0 saturated heterocycles. The van der Waals surface area contributed by atoms with Crippen molar-refractivity contribution < 1.29 is 13.2 Å². The first-order valence-electron chi connectivity index (χ1n) is 12.7. The van der Waals surface area contributed by atoms with E-state index in [1.165, 1.54) is 12.1 Å². The minimum atomic E-state index is -4.44. The highest BCUT2D eigenvalue weighted by molar-refractivity contribution is 6.11. The predicted molar refractivity (Wildman–Crippen MR) is 153 cm³/mol. The van der Waals surface area contributed by atoms with E-state index >= 15 is 0 Å². The van der Waals surface area contributed by atoms with Gasteiger partial charge in [0.25, 0.3) is 0 Å². The summed E-state index contributed by atoms with van der Waals surface area (Å²) in [4.78, 5) is 0. The summed E-state index contributed by atoms with van der Waals surface area (Å²) in [6.07, 6.45) is -4.44. The Bertz CT molecular complexity index is 1900. The number of nitrogens with zero attached hydrogens (tertiary/aromatic N) is 1. The standard InChI is InChI=1S/C35H24F3N/c1-23-10-14-25(15-11-23)16-19-27-20-34-32(31-9-4-3-8-30(27)31)22-33(26-17-12-24(2)13-18-26)39(34)29-7-5-6-28(21-29)35(36,37)38/h3-15,17-18,20-22H,1-2H3. The highest BCUT2D eigenvalue weighted by atomic mass is 19.4. The number of fused-ring (bicyclic) bond motifs is 3. The lowest BCUT2D eigenvalue weighted by Crippen LogP contribution is -2.06. The molecule has 1 heterocycles. The third-order valence-electron chi connectivity index (χ3n) is 7.00. The summed E-state index contributed by atoms with van der Waals surface area (Å²) >= 11 is 0. The van der Waals surface area contributed by atoms with Gasteiger partial charge in [-0.2, -0.15) is 13.2 Å². The monoisotopic (exact) mass is 515 g/mol. The van der Waals surface area contributed by atoms with Crippen molar-refractivity contribution in [3.8, 4) is 28.8 Å². The molecule has 0 bridgehead atoms.